The lowest BCUT2D eigenvalue weighted by molar-refractivity contribution is -0.113. The Kier molecular flexibility index (Phi) is 5.32. The van der Waals surface area contributed by atoms with Crippen molar-refractivity contribution >= 4 is 35.0 Å². The molecule has 0 atom stereocenters. The van der Waals surface area contributed by atoms with E-state index in [0.29, 0.717) is 24.1 Å². The summed E-state index contributed by atoms with van der Waals surface area (Å²) < 4.78 is 72.8. The zero-order chi connectivity index (χ0) is 20.6. The molecule has 1 fully saturated rings. The van der Waals surface area contributed by atoms with Crippen LogP contribution in [0.2, 0.25) is 0 Å². The number of hydrogen-bond donors (Lipinski definition) is 1. The molecule has 1 amide bonds. The van der Waals surface area contributed by atoms with Crippen LogP contribution in [0.4, 0.5) is 27.6 Å². The molecule has 0 unspecified atom stereocenters. The standard InChI is InChI=1S/C18H11F5N2O2S/c1-2-27-9-5-3-8(4-6-9)25-17(26)11(24-18(25)28)7-10-12(19)14(21)16(23)15(22)13(10)20/h3-7H,2H2,1H3,(H,24,28)/b11-7+. The first-order valence-electron chi connectivity index (χ1n) is 7.87. The summed E-state index contributed by atoms with van der Waals surface area (Å²) in [6.45, 7) is 2.24. The fourth-order valence-electron chi connectivity index (χ4n) is 2.52. The molecule has 0 radical (unpaired) electrons. The van der Waals surface area contributed by atoms with Gasteiger partial charge in [-0.05, 0) is 49.5 Å². The van der Waals surface area contributed by atoms with Crippen LogP contribution in [0.5, 0.6) is 5.75 Å². The number of ether oxygens (including phenoxy) is 1. The van der Waals surface area contributed by atoms with Gasteiger partial charge >= 0.3 is 0 Å². The van der Waals surface area contributed by atoms with E-state index in [9.17, 15) is 26.7 Å². The third-order valence-corrected chi connectivity index (χ3v) is 4.10. The second kappa shape index (κ2) is 7.55. The highest BCUT2D eigenvalue weighted by Crippen LogP contribution is 2.28. The monoisotopic (exact) mass is 414 g/mol. The molecule has 4 nitrogen and oxygen atoms in total. The zero-order valence-corrected chi connectivity index (χ0v) is 15.0. The van der Waals surface area contributed by atoms with Gasteiger partial charge in [0.1, 0.15) is 11.4 Å². The van der Waals surface area contributed by atoms with Crippen molar-refractivity contribution in [2.45, 2.75) is 6.92 Å². The average Bonchev–Trinajstić information content (AvgIpc) is 2.96. The molecule has 1 saturated heterocycles. The van der Waals surface area contributed by atoms with Gasteiger partial charge in [0.2, 0.25) is 5.82 Å². The molecule has 0 aliphatic carbocycles. The molecule has 0 bridgehead atoms. The van der Waals surface area contributed by atoms with Gasteiger partial charge in [-0.1, -0.05) is 0 Å². The Labute approximate surface area is 161 Å². The number of benzene rings is 2. The van der Waals surface area contributed by atoms with Crippen molar-refractivity contribution in [2.75, 3.05) is 11.5 Å². The van der Waals surface area contributed by atoms with Crippen molar-refractivity contribution < 1.29 is 31.5 Å². The first-order chi connectivity index (χ1) is 13.3. The van der Waals surface area contributed by atoms with Crippen LogP contribution in [0, 0.1) is 29.1 Å². The van der Waals surface area contributed by atoms with E-state index in [2.05, 4.69) is 5.32 Å². The summed E-state index contributed by atoms with van der Waals surface area (Å²) in [7, 11) is 0. The normalized spacial score (nSPS) is 15.4. The van der Waals surface area contributed by atoms with Gasteiger partial charge in [-0.25, -0.2) is 22.0 Å². The van der Waals surface area contributed by atoms with Gasteiger partial charge in [0, 0.05) is 0 Å². The lowest BCUT2D eigenvalue weighted by Gasteiger charge is -2.14. The summed E-state index contributed by atoms with van der Waals surface area (Å²) in [6.07, 6.45) is 0.527. The molecule has 0 aromatic heterocycles. The van der Waals surface area contributed by atoms with Crippen molar-refractivity contribution in [2.24, 2.45) is 0 Å². The largest absolute Gasteiger partial charge is 0.494 e. The van der Waals surface area contributed by atoms with Gasteiger partial charge in [-0.2, -0.15) is 0 Å². The predicted octanol–water partition coefficient (Wildman–Crippen LogP) is 4.04. The molecule has 0 saturated carbocycles. The number of nitrogens with one attached hydrogen (secondary N) is 1. The SMILES string of the molecule is CCOc1ccc(N2C(=O)/C(=C\c3c(F)c(F)c(F)c(F)c3F)NC2=S)cc1. The molecule has 10 heteroatoms. The third-order valence-electron chi connectivity index (χ3n) is 3.82. The van der Waals surface area contributed by atoms with Crippen LogP contribution >= 0.6 is 12.2 Å². The summed E-state index contributed by atoms with van der Waals surface area (Å²) >= 11 is 5.04. The summed E-state index contributed by atoms with van der Waals surface area (Å²) in [5.74, 6) is -10.9. The summed E-state index contributed by atoms with van der Waals surface area (Å²) in [5.41, 5.74) is -1.36. The van der Waals surface area contributed by atoms with E-state index in [1.807, 2.05) is 0 Å². The Hall–Kier alpha value is -3.01. The van der Waals surface area contributed by atoms with E-state index < -0.39 is 46.3 Å². The van der Waals surface area contributed by atoms with Crippen LogP contribution in [0.3, 0.4) is 0 Å². The minimum atomic E-state index is -2.28. The number of amides is 1. The van der Waals surface area contributed by atoms with Gasteiger partial charge in [-0.3, -0.25) is 9.69 Å². The second-order valence-corrected chi connectivity index (χ2v) is 5.93. The lowest BCUT2D eigenvalue weighted by Crippen LogP contribution is -2.30. The molecule has 1 heterocycles. The Balaban J connectivity index is 1.98. The predicted molar refractivity (Wildman–Crippen MR) is 95.0 cm³/mol. The van der Waals surface area contributed by atoms with E-state index in [0.717, 1.165) is 4.90 Å². The lowest BCUT2D eigenvalue weighted by atomic mass is 10.1. The topological polar surface area (TPSA) is 41.6 Å². The van der Waals surface area contributed by atoms with Crippen molar-refractivity contribution in [3.63, 3.8) is 0 Å². The van der Waals surface area contributed by atoms with Crippen LogP contribution in [0.25, 0.3) is 6.08 Å². The Morgan fingerprint density at radius 2 is 1.54 bits per heavy atom. The smallest absolute Gasteiger partial charge is 0.281 e. The van der Waals surface area contributed by atoms with E-state index >= 15 is 0 Å². The van der Waals surface area contributed by atoms with Crippen LogP contribution in [-0.4, -0.2) is 17.6 Å². The van der Waals surface area contributed by atoms with E-state index in [4.69, 9.17) is 17.0 Å². The van der Waals surface area contributed by atoms with Crippen molar-refractivity contribution in [1.29, 1.82) is 0 Å². The third kappa shape index (κ3) is 3.31. The van der Waals surface area contributed by atoms with E-state index in [1.165, 1.54) is 12.1 Å². The van der Waals surface area contributed by atoms with Crippen molar-refractivity contribution in [1.82, 2.24) is 5.32 Å². The molecule has 1 aliphatic heterocycles. The molecule has 2 aromatic carbocycles. The maximum absolute atomic E-state index is 13.9. The fourth-order valence-corrected chi connectivity index (χ4v) is 2.82. The molecule has 1 N–H and O–H groups in total. The zero-order valence-electron chi connectivity index (χ0n) is 14.2. The molecule has 3 rings (SSSR count). The van der Waals surface area contributed by atoms with Crippen LogP contribution < -0.4 is 15.0 Å². The number of halogens is 5. The molecule has 1 aliphatic rings. The summed E-state index contributed by atoms with van der Waals surface area (Å²) in [4.78, 5) is 13.6. The highest BCUT2D eigenvalue weighted by atomic mass is 32.1. The van der Waals surface area contributed by atoms with Gasteiger partial charge in [0.05, 0.1) is 17.9 Å². The fraction of sp³-hybridized carbons (Fsp3) is 0.111. The van der Waals surface area contributed by atoms with E-state index in [-0.39, 0.29) is 5.11 Å². The van der Waals surface area contributed by atoms with Crippen LogP contribution in [0.1, 0.15) is 12.5 Å². The number of nitrogens with zero attached hydrogens (tertiary/aromatic N) is 1. The van der Waals surface area contributed by atoms with Gasteiger partial charge < -0.3 is 10.1 Å². The van der Waals surface area contributed by atoms with Gasteiger partial charge in [0.15, 0.2) is 28.4 Å². The summed E-state index contributed by atoms with van der Waals surface area (Å²) in [5, 5.41) is 2.29. The quantitative estimate of drug-likeness (QED) is 0.270. The summed E-state index contributed by atoms with van der Waals surface area (Å²) in [6, 6.07) is 6.22. The minimum absolute atomic E-state index is 0.121. The molecule has 0 spiro atoms. The number of hydrogen-bond acceptors (Lipinski definition) is 3. The maximum atomic E-state index is 13.9. The van der Waals surface area contributed by atoms with Crippen molar-refractivity contribution in [3.8, 4) is 5.75 Å². The van der Waals surface area contributed by atoms with Crippen LogP contribution in [-0.2, 0) is 4.79 Å². The molecule has 2 aromatic rings. The highest BCUT2D eigenvalue weighted by molar-refractivity contribution is 7.80. The molecular weight excluding hydrogens is 403 g/mol. The van der Waals surface area contributed by atoms with Crippen LogP contribution in [0.15, 0.2) is 30.0 Å². The van der Waals surface area contributed by atoms with Gasteiger partial charge in [0.25, 0.3) is 5.91 Å². The highest BCUT2D eigenvalue weighted by Gasteiger charge is 2.33. The number of rotatable bonds is 4. The number of anilines is 1. The maximum Gasteiger partial charge on any atom is 0.281 e. The first kappa shape index (κ1) is 19.7. The number of carbonyl (C=O) groups is 1. The first-order valence-corrected chi connectivity index (χ1v) is 8.28. The molecule has 28 heavy (non-hydrogen) atoms. The Morgan fingerprint density at radius 1 is 1.00 bits per heavy atom. The Bertz CT molecular complexity index is 979. The number of thiocarbonyl (C=S) groups is 1. The molecular formula is C18H11F5N2O2S. The minimum Gasteiger partial charge on any atom is -0.494 e. The van der Waals surface area contributed by atoms with Crippen molar-refractivity contribution in [3.05, 3.63) is 64.6 Å². The van der Waals surface area contributed by atoms with E-state index in [1.54, 1.807) is 19.1 Å². The van der Waals surface area contributed by atoms with Gasteiger partial charge in [-0.15, -0.1) is 0 Å². The Morgan fingerprint density at radius 3 is 2.07 bits per heavy atom. The molecule has 146 valence electrons. The number of carbonyl (C=O) groups excluding carboxylic acids is 1. The average molecular weight is 414 g/mol. The second-order valence-electron chi connectivity index (χ2n) is 5.54.